The van der Waals surface area contributed by atoms with Crippen molar-refractivity contribution in [1.82, 2.24) is 9.78 Å². The summed E-state index contributed by atoms with van der Waals surface area (Å²) in [5, 5.41) is 18.0. The van der Waals surface area contributed by atoms with Gasteiger partial charge in [0.2, 0.25) is 11.7 Å². The number of carbonyl (C=O) groups excluding carboxylic acids is 1. The lowest BCUT2D eigenvalue weighted by molar-refractivity contribution is -0.384. The van der Waals surface area contributed by atoms with Gasteiger partial charge >= 0.3 is 5.69 Å². The topological polar surface area (TPSA) is 116 Å². The number of hydrogen-bond donors (Lipinski definition) is 2. The van der Waals surface area contributed by atoms with E-state index in [1.807, 2.05) is 6.92 Å². The number of amides is 1. The van der Waals surface area contributed by atoms with Crippen LogP contribution in [-0.4, -0.2) is 26.7 Å². The summed E-state index contributed by atoms with van der Waals surface area (Å²) in [6.07, 6.45) is 0.102. The monoisotopic (exact) mass is 255 g/mol. The second-order valence-corrected chi connectivity index (χ2v) is 4.07. The van der Waals surface area contributed by atoms with Crippen molar-refractivity contribution in [3.05, 3.63) is 15.8 Å². The Kier molecular flexibility index (Phi) is 4.24. The SMILES string of the molecule is CCn1nc(C)c([N+](=O)[O-])c1NC(C)CC(N)=O. The van der Waals surface area contributed by atoms with E-state index in [9.17, 15) is 14.9 Å². The molecule has 1 unspecified atom stereocenters. The van der Waals surface area contributed by atoms with Gasteiger partial charge in [-0.3, -0.25) is 14.9 Å². The predicted octanol–water partition coefficient (Wildman–Crippen LogP) is 0.795. The zero-order chi connectivity index (χ0) is 13.9. The van der Waals surface area contributed by atoms with E-state index in [1.165, 1.54) is 4.68 Å². The molecule has 1 atom stereocenters. The van der Waals surface area contributed by atoms with Gasteiger partial charge in [-0.2, -0.15) is 5.10 Å². The van der Waals surface area contributed by atoms with Crippen molar-refractivity contribution < 1.29 is 9.72 Å². The normalized spacial score (nSPS) is 12.2. The van der Waals surface area contributed by atoms with E-state index in [4.69, 9.17) is 5.73 Å². The smallest absolute Gasteiger partial charge is 0.333 e. The van der Waals surface area contributed by atoms with Gasteiger partial charge in [-0.1, -0.05) is 0 Å². The van der Waals surface area contributed by atoms with Gasteiger partial charge in [0.25, 0.3) is 0 Å². The molecule has 100 valence electrons. The van der Waals surface area contributed by atoms with Crippen LogP contribution in [0.4, 0.5) is 11.5 Å². The molecule has 0 saturated carbocycles. The number of anilines is 1. The maximum atomic E-state index is 11.0. The minimum absolute atomic E-state index is 0.0619. The molecule has 1 aromatic heterocycles. The van der Waals surface area contributed by atoms with E-state index < -0.39 is 10.8 Å². The Bertz CT molecular complexity index is 468. The van der Waals surface area contributed by atoms with E-state index in [-0.39, 0.29) is 18.2 Å². The Morgan fingerprint density at radius 1 is 1.67 bits per heavy atom. The van der Waals surface area contributed by atoms with Gasteiger partial charge < -0.3 is 11.1 Å². The Hall–Kier alpha value is -2.12. The summed E-state index contributed by atoms with van der Waals surface area (Å²) >= 11 is 0. The van der Waals surface area contributed by atoms with Crippen LogP contribution in [0.5, 0.6) is 0 Å². The lowest BCUT2D eigenvalue weighted by atomic mass is 10.2. The number of nitro groups is 1. The molecule has 0 aliphatic carbocycles. The van der Waals surface area contributed by atoms with Gasteiger partial charge in [0.15, 0.2) is 0 Å². The van der Waals surface area contributed by atoms with Gasteiger partial charge in [0.1, 0.15) is 5.69 Å². The highest BCUT2D eigenvalue weighted by molar-refractivity contribution is 5.75. The lowest BCUT2D eigenvalue weighted by Gasteiger charge is -2.13. The summed E-state index contributed by atoms with van der Waals surface area (Å²) < 4.78 is 1.50. The average Bonchev–Trinajstić information content (AvgIpc) is 2.53. The molecule has 0 fully saturated rings. The molecule has 0 aliphatic heterocycles. The van der Waals surface area contributed by atoms with Crippen LogP contribution in [0.15, 0.2) is 0 Å². The zero-order valence-corrected chi connectivity index (χ0v) is 10.6. The zero-order valence-electron chi connectivity index (χ0n) is 10.6. The van der Waals surface area contributed by atoms with Crippen LogP contribution >= 0.6 is 0 Å². The molecule has 8 nitrogen and oxygen atoms in total. The maximum absolute atomic E-state index is 11.0. The fourth-order valence-corrected chi connectivity index (χ4v) is 1.75. The summed E-state index contributed by atoms with van der Waals surface area (Å²) in [7, 11) is 0. The second kappa shape index (κ2) is 5.48. The first-order chi connectivity index (χ1) is 8.36. The second-order valence-electron chi connectivity index (χ2n) is 4.07. The fraction of sp³-hybridized carbons (Fsp3) is 0.600. The molecule has 1 rings (SSSR count). The molecule has 8 heteroatoms. The number of carbonyl (C=O) groups is 1. The Morgan fingerprint density at radius 3 is 2.72 bits per heavy atom. The van der Waals surface area contributed by atoms with Crippen LogP contribution in [0.1, 0.15) is 26.0 Å². The van der Waals surface area contributed by atoms with E-state index >= 15 is 0 Å². The van der Waals surface area contributed by atoms with Crippen molar-refractivity contribution in [1.29, 1.82) is 0 Å². The number of hydrogen-bond acceptors (Lipinski definition) is 5. The van der Waals surface area contributed by atoms with Crippen molar-refractivity contribution in [3.8, 4) is 0 Å². The summed E-state index contributed by atoms with van der Waals surface area (Å²) in [5.74, 6) is -0.148. The molecule has 1 amide bonds. The quantitative estimate of drug-likeness (QED) is 0.576. The number of primary amides is 1. The lowest BCUT2D eigenvalue weighted by Crippen LogP contribution is -2.25. The highest BCUT2D eigenvalue weighted by Crippen LogP contribution is 2.28. The minimum Gasteiger partial charge on any atom is -0.370 e. The number of nitrogens with zero attached hydrogens (tertiary/aromatic N) is 3. The molecule has 0 spiro atoms. The third-order valence-corrected chi connectivity index (χ3v) is 2.47. The van der Waals surface area contributed by atoms with Crippen molar-refractivity contribution >= 4 is 17.4 Å². The molecule has 0 aliphatic rings. The molecular formula is C10H17N5O3. The number of nitrogens with one attached hydrogen (secondary N) is 1. The highest BCUT2D eigenvalue weighted by atomic mass is 16.6. The van der Waals surface area contributed by atoms with Gasteiger partial charge in [-0.05, 0) is 20.8 Å². The molecular weight excluding hydrogens is 238 g/mol. The molecule has 3 N–H and O–H groups in total. The molecule has 0 bridgehead atoms. The molecule has 0 aromatic carbocycles. The maximum Gasteiger partial charge on any atom is 0.333 e. The Labute approximate surface area is 104 Å². The van der Waals surface area contributed by atoms with Crippen LogP contribution in [0, 0.1) is 17.0 Å². The van der Waals surface area contributed by atoms with E-state index in [0.29, 0.717) is 18.1 Å². The summed E-state index contributed by atoms with van der Waals surface area (Å²) in [6.45, 7) is 5.64. The standard InChI is InChI=1S/C10H17N5O3/c1-4-14-10(12-6(2)5-8(11)16)9(15(17)18)7(3)13-14/h6,12H,4-5H2,1-3H3,(H2,11,16). The highest BCUT2D eigenvalue weighted by Gasteiger charge is 2.25. The number of rotatable bonds is 6. The Balaban J connectivity index is 3.05. The molecule has 1 heterocycles. The van der Waals surface area contributed by atoms with Gasteiger partial charge in [-0.25, -0.2) is 4.68 Å². The van der Waals surface area contributed by atoms with Crippen molar-refractivity contribution in [2.75, 3.05) is 5.32 Å². The fourth-order valence-electron chi connectivity index (χ4n) is 1.75. The first-order valence-corrected chi connectivity index (χ1v) is 5.63. The molecule has 0 saturated heterocycles. The van der Waals surface area contributed by atoms with E-state index in [0.717, 1.165) is 0 Å². The van der Waals surface area contributed by atoms with Crippen LogP contribution in [-0.2, 0) is 11.3 Å². The van der Waals surface area contributed by atoms with Crippen molar-refractivity contribution in [2.45, 2.75) is 39.8 Å². The molecule has 0 radical (unpaired) electrons. The van der Waals surface area contributed by atoms with Crippen LogP contribution in [0.25, 0.3) is 0 Å². The van der Waals surface area contributed by atoms with Crippen LogP contribution in [0.3, 0.4) is 0 Å². The minimum atomic E-state index is -0.478. The van der Waals surface area contributed by atoms with E-state index in [1.54, 1.807) is 13.8 Å². The van der Waals surface area contributed by atoms with Gasteiger partial charge in [-0.15, -0.1) is 0 Å². The third kappa shape index (κ3) is 2.96. The summed E-state index contributed by atoms with van der Waals surface area (Å²) in [4.78, 5) is 21.3. The summed E-state index contributed by atoms with van der Waals surface area (Å²) in [6, 6.07) is -0.289. The van der Waals surface area contributed by atoms with Crippen LogP contribution < -0.4 is 11.1 Å². The van der Waals surface area contributed by atoms with Crippen molar-refractivity contribution in [3.63, 3.8) is 0 Å². The average molecular weight is 255 g/mol. The predicted molar refractivity (Wildman–Crippen MR) is 66.2 cm³/mol. The van der Waals surface area contributed by atoms with Crippen molar-refractivity contribution in [2.24, 2.45) is 5.73 Å². The van der Waals surface area contributed by atoms with Gasteiger partial charge in [0.05, 0.1) is 4.92 Å². The largest absolute Gasteiger partial charge is 0.370 e. The number of aromatic nitrogens is 2. The summed E-state index contributed by atoms with van der Waals surface area (Å²) in [5.41, 5.74) is 5.37. The molecule has 1 aromatic rings. The van der Waals surface area contributed by atoms with Gasteiger partial charge in [0, 0.05) is 19.0 Å². The first-order valence-electron chi connectivity index (χ1n) is 5.63. The first kappa shape index (κ1) is 13.9. The third-order valence-electron chi connectivity index (χ3n) is 2.47. The van der Waals surface area contributed by atoms with Crippen LogP contribution in [0.2, 0.25) is 0 Å². The number of nitrogens with two attached hydrogens (primary N) is 1. The Morgan fingerprint density at radius 2 is 2.28 bits per heavy atom. The number of aryl methyl sites for hydroxylation is 2. The van der Waals surface area contributed by atoms with E-state index in [2.05, 4.69) is 10.4 Å². The molecule has 18 heavy (non-hydrogen) atoms.